The van der Waals surface area contributed by atoms with E-state index in [9.17, 15) is 17.4 Å². The second kappa shape index (κ2) is 6.34. The number of hydrogen-bond donors (Lipinski definition) is 0. The number of hydrogen-bond acceptors (Lipinski definition) is 3. The summed E-state index contributed by atoms with van der Waals surface area (Å²) in [6.45, 7) is 2.11. The second-order valence-electron chi connectivity index (χ2n) is 7.94. The van der Waals surface area contributed by atoms with Gasteiger partial charge in [-0.1, -0.05) is 12.5 Å². The van der Waals surface area contributed by atoms with Crippen molar-refractivity contribution in [3.05, 3.63) is 29.6 Å². The van der Waals surface area contributed by atoms with E-state index in [1.54, 1.807) is 6.07 Å². The molecule has 1 aromatic rings. The van der Waals surface area contributed by atoms with E-state index in [1.807, 2.05) is 0 Å². The van der Waals surface area contributed by atoms with Gasteiger partial charge in [-0.25, -0.2) is 0 Å². The summed E-state index contributed by atoms with van der Waals surface area (Å²) in [6.07, 6.45) is 2.45. The number of rotatable bonds is 2. The lowest BCUT2D eigenvalue weighted by molar-refractivity contribution is -0.141. The smallest absolute Gasteiger partial charge is 0.300 e. The van der Waals surface area contributed by atoms with Gasteiger partial charge in [-0.3, -0.25) is 14.1 Å². The summed E-state index contributed by atoms with van der Waals surface area (Å²) < 4.78 is 49.5. The first-order valence-corrected chi connectivity index (χ1v) is 10.5. The number of halogens is 3. The Morgan fingerprint density at radius 3 is 2.68 bits per heavy atom. The summed E-state index contributed by atoms with van der Waals surface area (Å²) in [4.78, 5) is 6.17. The molecule has 3 nitrogen and oxygen atoms in total. The highest BCUT2D eigenvalue weighted by Crippen LogP contribution is 2.43. The van der Waals surface area contributed by atoms with Crippen LogP contribution in [0, 0.1) is 5.41 Å². The normalized spacial score (nSPS) is 36.5. The highest BCUT2D eigenvalue weighted by atomic mass is 32.2. The Morgan fingerprint density at radius 1 is 1.24 bits per heavy atom. The van der Waals surface area contributed by atoms with Crippen LogP contribution in [-0.4, -0.2) is 44.7 Å². The van der Waals surface area contributed by atoms with Crippen LogP contribution in [0.5, 0.6) is 0 Å². The van der Waals surface area contributed by atoms with E-state index >= 15 is 0 Å². The third kappa shape index (κ3) is 3.50. The molecule has 2 unspecified atom stereocenters. The molecule has 1 aromatic heterocycles. The van der Waals surface area contributed by atoms with Crippen molar-refractivity contribution < 1.29 is 17.4 Å². The SMILES string of the molecule is O=S1CC2(CCN(C3CCCC(c4ccc(C(F)(F)F)nc4)C3)C2)C1. The predicted molar refractivity (Wildman–Crippen MR) is 90.7 cm³/mol. The van der Waals surface area contributed by atoms with Crippen molar-refractivity contribution >= 4 is 10.8 Å². The Hall–Kier alpha value is -0.950. The van der Waals surface area contributed by atoms with Gasteiger partial charge in [0.1, 0.15) is 5.69 Å². The number of aromatic nitrogens is 1. The van der Waals surface area contributed by atoms with Crippen LogP contribution >= 0.6 is 0 Å². The fourth-order valence-corrected chi connectivity index (χ4v) is 6.52. The van der Waals surface area contributed by atoms with Crippen molar-refractivity contribution in [2.24, 2.45) is 5.41 Å². The third-order valence-electron chi connectivity index (χ3n) is 6.11. The van der Waals surface area contributed by atoms with Gasteiger partial charge >= 0.3 is 6.18 Å². The van der Waals surface area contributed by atoms with Crippen LogP contribution in [0.1, 0.15) is 49.3 Å². The summed E-state index contributed by atoms with van der Waals surface area (Å²) >= 11 is 0. The highest BCUT2D eigenvalue weighted by Gasteiger charge is 2.49. The first-order chi connectivity index (χ1) is 11.8. The minimum Gasteiger partial charge on any atom is -0.300 e. The summed E-state index contributed by atoms with van der Waals surface area (Å²) in [7, 11) is -0.614. The standard InChI is InChI=1S/C18H23F3N2OS/c19-18(20,21)16-5-4-14(9-22-16)13-2-1-3-15(8-13)23-7-6-17(10-23)11-25(24)12-17/h4-5,9,13,15H,1-3,6-8,10-12H2. The lowest BCUT2D eigenvalue weighted by atomic mass is 9.81. The minimum absolute atomic E-state index is 0.285. The van der Waals surface area contributed by atoms with E-state index in [-0.39, 0.29) is 5.41 Å². The van der Waals surface area contributed by atoms with E-state index < -0.39 is 22.7 Å². The third-order valence-corrected chi connectivity index (χ3v) is 7.98. The molecule has 0 radical (unpaired) electrons. The largest absolute Gasteiger partial charge is 0.433 e. The zero-order valence-corrected chi connectivity index (χ0v) is 14.9. The number of pyridine rings is 1. The molecule has 2 aliphatic heterocycles. The van der Waals surface area contributed by atoms with E-state index in [0.717, 1.165) is 68.3 Å². The quantitative estimate of drug-likeness (QED) is 0.796. The fraction of sp³-hybridized carbons (Fsp3) is 0.722. The van der Waals surface area contributed by atoms with E-state index in [0.29, 0.717) is 12.0 Å². The molecule has 138 valence electrons. The molecule has 0 bridgehead atoms. The summed E-state index contributed by atoms with van der Waals surface area (Å²) in [6, 6.07) is 3.20. The Bertz CT molecular complexity index is 653. The molecule has 2 saturated heterocycles. The number of alkyl halides is 3. The molecule has 4 rings (SSSR count). The molecule has 3 aliphatic rings. The molecule has 0 aromatic carbocycles. The molecule has 25 heavy (non-hydrogen) atoms. The lowest BCUT2D eigenvalue weighted by Crippen LogP contribution is -2.48. The molecule has 7 heteroatoms. The van der Waals surface area contributed by atoms with E-state index in [4.69, 9.17) is 0 Å². The lowest BCUT2D eigenvalue weighted by Gasteiger charge is -2.40. The van der Waals surface area contributed by atoms with E-state index in [1.165, 1.54) is 6.20 Å². The molecule has 1 saturated carbocycles. The maximum absolute atomic E-state index is 12.7. The van der Waals surface area contributed by atoms with E-state index in [2.05, 4.69) is 9.88 Å². The average Bonchev–Trinajstić information content (AvgIpc) is 2.99. The summed E-state index contributed by atoms with van der Waals surface area (Å²) in [5, 5.41) is 0. The van der Waals surface area contributed by atoms with Gasteiger partial charge in [0.25, 0.3) is 0 Å². The van der Waals surface area contributed by atoms with Crippen LogP contribution in [0.3, 0.4) is 0 Å². The zero-order chi connectivity index (χ0) is 17.7. The first-order valence-electron chi connectivity index (χ1n) is 8.97. The van der Waals surface area contributed by atoms with Crippen molar-refractivity contribution in [3.8, 4) is 0 Å². The average molecular weight is 372 g/mol. The Labute approximate surface area is 148 Å². The molecule has 1 spiro atoms. The second-order valence-corrected chi connectivity index (χ2v) is 9.40. The maximum Gasteiger partial charge on any atom is 0.433 e. The Kier molecular flexibility index (Phi) is 4.43. The molecule has 2 atom stereocenters. The molecule has 3 heterocycles. The molecular weight excluding hydrogens is 349 g/mol. The van der Waals surface area contributed by atoms with Crippen LogP contribution in [0.15, 0.2) is 18.3 Å². The van der Waals surface area contributed by atoms with Crippen LogP contribution in [-0.2, 0) is 17.0 Å². The van der Waals surface area contributed by atoms with Crippen LogP contribution in [0.4, 0.5) is 13.2 Å². The van der Waals surface area contributed by atoms with Crippen LogP contribution in [0.2, 0.25) is 0 Å². The Morgan fingerprint density at radius 2 is 2.04 bits per heavy atom. The molecule has 3 fully saturated rings. The highest BCUT2D eigenvalue weighted by molar-refractivity contribution is 7.86. The number of nitrogens with zero attached hydrogens (tertiary/aromatic N) is 2. The minimum atomic E-state index is -4.37. The first kappa shape index (κ1) is 17.5. The van der Waals surface area contributed by atoms with Crippen LogP contribution < -0.4 is 0 Å². The van der Waals surface area contributed by atoms with Crippen molar-refractivity contribution in [2.45, 2.75) is 50.2 Å². The fourth-order valence-electron chi connectivity index (χ4n) is 4.77. The predicted octanol–water partition coefficient (Wildman–Crippen LogP) is 3.58. The number of likely N-dealkylation sites (tertiary alicyclic amines) is 1. The zero-order valence-electron chi connectivity index (χ0n) is 14.1. The van der Waals surface area contributed by atoms with Gasteiger partial charge in [0.2, 0.25) is 0 Å². The van der Waals surface area contributed by atoms with Gasteiger partial charge in [0, 0.05) is 46.5 Å². The Balaban J connectivity index is 1.40. The topological polar surface area (TPSA) is 33.2 Å². The summed E-state index contributed by atoms with van der Waals surface area (Å²) in [5.74, 6) is 1.99. The van der Waals surface area contributed by atoms with Crippen molar-refractivity contribution in [1.29, 1.82) is 0 Å². The van der Waals surface area contributed by atoms with Crippen molar-refractivity contribution in [2.75, 3.05) is 24.6 Å². The van der Waals surface area contributed by atoms with Gasteiger partial charge < -0.3 is 0 Å². The van der Waals surface area contributed by atoms with Gasteiger partial charge in [-0.15, -0.1) is 0 Å². The monoisotopic (exact) mass is 372 g/mol. The maximum atomic E-state index is 12.7. The van der Waals surface area contributed by atoms with Crippen molar-refractivity contribution in [3.63, 3.8) is 0 Å². The molecular formula is C18H23F3N2OS. The van der Waals surface area contributed by atoms with Crippen LogP contribution in [0.25, 0.3) is 0 Å². The molecule has 0 N–H and O–H groups in total. The van der Waals surface area contributed by atoms with Gasteiger partial charge in [-0.05, 0) is 49.8 Å². The molecule has 1 aliphatic carbocycles. The summed E-state index contributed by atoms with van der Waals surface area (Å²) in [5.41, 5.74) is 0.396. The van der Waals surface area contributed by atoms with Crippen molar-refractivity contribution in [1.82, 2.24) is 9.88 Å². The van der Waals surface area contributed by atoms with Gasteiger partial charge in [-0.2, -0.15) is 13.2 Å². The van der Waals surface area contributed by atoms with Gasteiger partial charge in [0.05, 0.1) is 0 Å². The van der Waals surface area contributed by atoms with Gasteiger partial charge in [0.15, 0.2) is 0 Å². The molecule has 0 amide bonds.